The highest BCUT2D eigenvalue weighted by molar-refractivity contribution is 9.18. The van der Waals surface area contributed by atoms with Crippen molar-refractivity contribution in [1.29, 1.82) is 5.41 Å². The van der Waals surface area contributed by atoms with Crippen LogP contribution < -0.4 is 5.32 Å². The Morgan fingerprint density at radius 1 is 1.50 bits per heavy atom. The van der Waals surface area contributed by atoms with Crippen molar-refractivity contribution < 1.29 is 9.53 Å². The lowest BCUT2D eigenvalue weighted by Crippen LogP contribution is -2.42. The zero-order valence-electron chi connectivity index (χ0n) is 11.3. The van der Waals surface area contributed by atoms with Crippen LogP contribution >= 0.6 is 15.9 Å². The van der Waals surface area contributed by atoms with Gasteiger partial charge in [-0.15, -0.1) is 0 Å². The topological polar surface area (TPSA) is 65.4 Å². The van der Waals surface area contributed by atoms with Gasteiger partial charge in [0.05, 0.1) is 6.54 Å². The first-order chi connectivity index (χ1) is 8.24. The molecule has 0 atom stereocenters. The molecular weight excluding hydrogens is 298 g/mol. The van der Waals surface area contributed by atoms with Gasteiger partial charge in [0.25, 0.3) is 0 Å². The summed E-state index contributed by atoms with van der Waals surface area (Å²) in [7, 11) is 1.83. The summed E-state index contributed by atoms with van der Waals surface area (Å²) in [6.45, 7) is 6.54. The molecular formula is C12H20BrN3O2. The van der Waals surface area contributed by atoms with Gasteiger partial charge in [-0.25, -0.2) is 4.79 Å². The van der Waals surface area contributed by atoms with Gasteiger partial charge in [0, 0.05) is 31.3 Å². The molecule has 0 radical (unpaired) electrons. The van der Waals surface area contributed by atoms with Crippen molar-refractivity contribution in [3.8, 4) is 0 Å². The Labute approximate surface area is 116 Å². The highest BCUT2D eigenvalue weighted by Gasteiger charge is 2.27. The van der Waals surface area contributed by atoms with Crippen molar-refractivity contribution in [3.63, 3.8) is 0 Å². The fraction of sp³-hybridized carbons (Fsp3) is 0.667. The van der Waals surface area contributed by atoms with E-state index in [0.29, 0.717) is 24.1 Å². The average Bonchev–Trinajstić information content (AvgIpc) is 2.25. The maximum atomic E-state index is 12.0. The van der Waals surface area contributed by atoms with E-state index in [-0.39, 0.29) is 6.09 Å². The third-order valence-corrected chi connectivity index (χ3v) is 3.04. The lowest BCUT2D eigenvalue weighted by molar-refractivity contribution is 0.0262. The summed E-state index contributed by atoms with van der Waals surface area (Å²) in [5, 5.41) is 10.7. The molecule has 1 amide bonds. The number of hydrogen-bond donors (Lipinski definition) is 2. The van der Waals surface area contributed by atoms with Crippen molar-refractivity contribution >= 4 is 26.6 Å². The predicted molar refractivity (Wildman–Crippen MR) is 75.2 cm³/mol. The summed E-state index contributed by atoms with van der Waals surface area (Å²) >= 11 is 3.16. The van der Waals surface area contributed by atoms with Crippen LogP contribution in [0.5, 0.6) is 0 Å². The van der Waals surface area contributed by atoms with E-state index in [1.54, 1.807) is 4.90 Å². The van der Waals surface area contributed by atoms with Gasteiger partial charge in [0.1, 0.15) is 10.2 Å². The second-order valence-electron chi connectivity index (χ2n) is 5.17. The van der Waals surface area contributed by atoms with Gasteiger partial charge < -0.3 is 15.0 Å². The van der Waals surface area contributed by atoms with Gasteiger partial charge in [-0.3, -0.25) is 5.41 Å². The molecule has 1 rings (SSSR count). The van der Waals surface area contributed by atoms with Crippen LogP contribution in [-0.4, -0.2) is 41.4 Å². The number of carbonyl (C=O) groups is 1. The molecule has 0 aromatic rings. The molecule has 5 nitrogen and oxygen atoms in total. The molecule has 0 unspecified atom stereocenters. The minimum absolute atomic E-state index is 0.306. The lowest BCUT2D eigenvalue weighted by atomic mass is 10.1. The molecule has 0 aromatic heterocycles. The number of carbonyl (C=O) groups excluding carboxylic acids is 1. The van der Waals surface area contributed by atoms with E-state index in [1.807, 2.05) is 27.8 Å². The molecule has 0 spiro atoms. The molecule has 0 saturated heterocycles. The van der Waals surface area contributed by atoms with E-state index in [2.05, 4.69) is 21.2 Å². The van der Waals surface area contributed by atoms with Crippen LogP contribution in [0.4, 0.5) is 4.79 Å². The molecule has 1 heterocycles. The van der Waals surface area contributed by atoms with Crippen LogP contribution in [0.25, 0.3) is 0 Å². The largest absolute Gasteiger partial charge is 0.444 e. The smallest absolute Gasteiger partial charge is 0.410 e. The Kier molecular flexibility index (Phi) is 4.78. The summed E-state index contributed by atoms with van der Waals surface area (Å²) in [5.74, 6) is 0. The summed E-state index contributed by atoms with van der Waals surface area (Å²) in [4.78, 5) is 13.6. The van der Waals surface area contributed by atoms with Crippen molar-refractivity contribution in [2.75, 3.05) is 20.1 Å². The number of halogens is 1. The van der Waals surface area contributed by atoms with Gasteiger partial charge in [-0.1, -0.05) is 0 Å². The normalized spacial score (nSPS) is 16.6. The lowest BCUT2D eigenvalue weighted by Gasteiger charge is -2.32. The average molecular weight is 318 g/mol. The predicted octanol–water partition coefficient (Wildman–Crippen LogP) is 2.47. The number of nitrogens with one attached hydrogen (secondary N) is 2. The first kappa shape index (κ1) is 15.0. The van der Waals surface area contributed by atoms with E-state index in [1.165, 1.54) is 0 Å². The Bertz CT molecular complexity index is 385. The minimum atomic E-state index is -0.494. The number of nitrogens with zero attached hydrogens (tertiary/aromatic N) is 1. The molecule has 0 bridgehead atoms. The van der Waals surface area contributed by atoms with E-state index < -0.39 is 5.60 Å². The monoisotopic (exact) mass is 317 g/mol. The van der Waals surface area contributed by atoms with Crippen molar-refractivity contribution in [2.24, 2.45) is 0 Å². The van der Waals surface area contributed by atoms with Gasteiger partial charge in [0.2, 0.25) is 0 Å². The van der Waals surface area contributed by atoms with E-state index in [0.717, 1.165) is 11.3 Å². The second kappa shape index (κ2) is 5.73. The molecule has 1 aliphatic rings. The molecule has 2 N–H and O–H groups in total. The molecule has 102 valence electrons. The molecule has 6 heteroatoms. The minimum Gasteiger partial charge on any atom is -0.444 e. The first-order valence-corrected chi connectivity index (χ1v) is 6.66. The summed E-state index contributed by atoms with van der Waals surface area (Å²) in [5.41, 5.74) is 1.30. The van der Waals surface area contributed by atoms with E-state index >= 15 is 0 Å². The Hall–Kier alpha value is -1.04. The summed E-state index contributed by atoms with van der Waals surface area (Å²) < 4.78 is 5.64. The zero-order chi connectivity index (χ0) is 13.9. The van der Waals surface area contributed by atoms with Crippen molar-refractivity contribution in [3.05, 3.63) is 11.3 Å². The number of hydrogen-bond acceptors (Lipinski definition) is 4. The van der Waals surface area contributed by atoms with Crippen LogP contribution in [0.3, 0.4) is 0 Å². The van der Waals surface area contributed by atoms with E-state index in [9.17, 15) is 4.79 Å². The molecule has 0 aliphatic carbocycles. The van der Waals surface area contributed by atoms with Gasteiger partial charge in [-0.2, -0.15) is 0 Å². The highest BCUT2D eigenvalue weighted by atomic mass is 79.9. The SMILES string of the molecule is CNC1=C(C(=N)Br)CN(C(=O)OC(C)(C)C)CC1. The molecule has 0 fully saturated rings. The van der Waals surface area contributed by atoms with Crippen LogP contribution in [0, 0.1) is 5.41 Å². The quantitative estimate of drug-likeness (QED) is 0.769. The zero-order valence-corrected chi connectivity index (χ0v) is 12.8. The molecule has 0 saturated carbocycles. The number of ether oxygens (including phenoxy) is 1. The summed E-state index contributed by atoms with van der Waals surface area (Å²) in [6, 6.07) is 0. The van der Waals surface area contributed by atoms with Crippen LogP contribution in [0.2, 0.25) is 0 Å². The van der Waals surface area contributed by atoms with Gasteiger partial charge in [-0.05, 0) is 36.7 Å². The first-order valence-electron chi connectivity index (χ1n) is 5.86. The van der Waals surface area contributed by atoms with Crippen LogP contribution in [0.1, 0.15) is 27.2 Å². The maximum absolute atomic E-state index is 12.0. The summed E-state index contributed by atoms with van der Waals surface area (Å²) in [6.07, 6.45) is 0.378. The second-order valence-corrected chi connectivity index (χ2v) is 5.97. The Balaban J connectivity index is 2.77. The van der Waals surface area contributed by atoms with Gasteiger partial charge >= 0.3 is 6.09 Å². The standard InChI is InChI=1S/C12H20BrN3O2/c1-12(2,3)18-11(17)16-6-5-9(15-4)8(7-16)10(13)14/h14-15H,5-7H2,1-4H3. The Morgan fingerprint density at radius 3 is 2.56 bits per heavy atom. The number of amides is 1. The van der Waals surface area contributed by atoms with Gasteiger partial charge in [0.15, 0.2) is 0 Å². The molecule has 18 heavy (non-hydrogen) atoms. The van der Waals surface area contributed by atoms with E-state index in [4.69, 9.17) is 10.1 Å². The fourth-order valence-electron chi connectivity index (χ4n) is 1.72. The van der Waals surface area contributed by atoms with Crippen LogP contribution in [-0.2, 0) is 4.74 Å². The fourth-order valence-corrected chi connectivity index (χ4v) is 2.09. The molecule has 1 aliphatic heterocycles. The number of rotatable bonds is 2. The van der Waals surface area contributed by atoms with Crippen LogP contribution in [0.15, 0.2) is 11.3 Å². The molecule has 0 aromatic carbocycles. The van der Waals surface area contributed by atoms with Crippen molar-refractivity contribution in [2.45, 2.75) is 32.8 Å². The Morgan fingerprint density at radius 2 is 2.11 bits per heavy atom. The van der Waals surface area contributed by atoms with Crippen molar-refractivity contribution in [1.82, 2.24) is 10.2 Å². The third kappa shape index (κ3) is 4.01. The highest BCUT2D eigenvalue weighted by Crippen LogP contribution is 2.20. The third-order valence-electron chi connectivity index (χ3n) is 2.56. The maximum Gasteiger partial charge on any atom is 0.410 e.